The maximum atomic E-state index is 3.45. The third-order valence-electron chi connectivity index (χ3n) is 3.56. The maximum absolute atomic E-state index is 3.45. The first-order valence-corrected chi connectivity index (χ1v) is 7.64. The van der Waals surface area contributed by atoms with Crippen molar-refractivity contribution in [3.8, 4) is 0 Å². The fourth-order valence-corrected chi connectivity index (χ4v) is 3.25. The van der Waals surface area contributed by atoms with Crippen molar-refractivity contribution in [3.63, 3.8) is 0 Å². The summed E-state index contributed by atoms with van der Waals surface area (Å²) in [6, 6.07) is 9.34. The summed E-state index contributed by atoms with van der Waals surface area (Å²) in [4.78, 5) is 1.43. The Balaban J connectivity index is 1.76. The Kier molecular flexibility index (Phi) is 4.93. The first-order valence-electron chi connectivity index (χ1n) is 6.65. The van der Waals surface area contributed by atoms with E-state index in [1.54, 1.807) is 0 Å². The largest absolute Gasteiger partial charge is 0.316 e. The van der Waals surface area contributed by atoms with Crippen LogP contribution in [0.4, 0.5) is 0 Å². The Morgan fingerprint density at radius 2 is 2.12 bits per heavy atom. The lowest BCUT2D eigenvalue weighted by Crippen LogP contribution is -2.27. The highest BCUT2D eigenvalue weighted by atomic mass is 32.2. The van der Waals surface area contributed by atoms with E-state index in [1.165, 1.54) is 41.9 Å². The van der Waals surface area contributed by atoms with E-state index in [9.17, 15) is 0 Å². The van der Waals surface area contributed by atoms with Gasteiger partial charge in [-0.15, -0.1) is 11.8 Å². The number of hydrogen-bond acceptors (Lipinski definition) is 2. The van der Waals surface area contributed by atoms with Gasteiger partial charge in [0, 0.05) is 16.7 Å². The molecule has 0 radical (unpaired) electrons. The number of rotatable bonds is 7. The molecule has 1 saturated carbocycles. The molecule has 1 N–H and O–H groups in total. The van der Waals surface area contributed by atoms with Crippen LogP contribution in [0.5, 0.6) is 0 Å². The zero-order valence-electron chi connectivity index (χ0n) is 10.9. The monoisotopic (exact) mass is 249 g/mol. The van der Waals surface area contributed by atoms with Crippen molar-refractivity contribution in [1.29, 1.82) is 0 Å². The van der Waals surface area contributed by atoms with E-state index in [1.807, 2.05) is 11.8 Å². The second-order valence-corrected chi connectivity index (χ2v) is 6.14. The molecule has 0 aromatic heterocycles. The highest BCUT2D eigenvalue weighted by Gasteiger charge is 2.22. The fourth-order valence-electron chi connectivity index (χ4n) is 2.06. The topological polar surface area (TPSA) is 12.0 Å². The van der Waals surface area contributed by atoms with Crippen LogP contribution < -0.4 is 5.32 Å². The number of aryl methyl sites for hydroxylation is 1. The maximum Gasteiger partial charge on any atom is 0.0158 e. The Morgan fingerprint density at radius 3 is 2.76 bits per heavy atom. The Hall–Kier alpha value is -0.470. The molecule has 0 aliphatic heterocycles. The molecule has 1 aromatic carbocycles. The summed E-state index contributed by atoms with van der Waals surface area (Å²) in [5.74, 6) is 2.24. The number of hydrogen-bond donors (Lipinski definition) is 1. The molecular weight excluding hydrogens is 226 g/mol. The summed E-state index contributed by atoms with van der Waals surface area (Å²) in [6.07, 6.45) is 5.70. The lowest BCUT2D eigenvalue weighted by Gasteiger charge is -2.16. The standard InChI is InChI=1S/C15H23NS/c1-12-5-3-4-6-15(12)17-11-14(16-2)10-9-13-7-8-13/h3-6,13-14,16H,7-11H2,1-2H3. The molecule has 0 spiro atoms. The minimum atomic E-state index is 0.667. The highest BCUT2D eigenvalue weighted by molar-refractivity contribution is 7.99. The van der Waals surface area contributed by atoms with Gasteiger partial charge in [0.15, 0.2) is 0 Å². The minimum Gasteiger partial charge on any atom is -0.316 e. The number of benzene rings is 1. The second-order valence-electron chi connectivity index (χ2n) is 5.08. The van der Waals surface area contributed by atoms with Crippen molar-refractivity contribution >= 4 is 11.8 Å². The van der Waals surface area contributed by atoms with Gasteiger partial charge in [-0.3, -0.25) is 0 Å². The van der Waals surface area contributed by atoms with Crippen LogP contribution in [0.25, 0.3) is 0 Å². The molecule has 1 nitrogen and oxygen atoms in total. The van der Waals surface area contributed by atoms with Crippen molar-refractivity contribution in [2.75, 3.05) is 12.8 Å². The van der Waals surface area contributed by atoms with Gasteiger partial charge >= 0.3 is 0 Å². The van der Waals surface area contributed by atoms with Crippen LogP contribution in [0.1, 0.15) is 31.2 Å². The Bertz CT molecular complexity index is 347. The van der Waals surface area contributed by atoms with E-state index in [0.29, 0.717) is 6.04 Å². The van der Waals surface area contributed by atoms with E-state index in [-0.39, 0.29) is 0 Å². The van der Waals surface area contributed by atoms with Gasteiger partial charge in [-0.1, -0.05) is 31.0 Å². The Labute approximate surface area is 109 Å². The number of thioether (sulfide) groups is 1. The zero-order chi connectivity index (χ0) is 12.1. The van der Waals surface area contributed by atoms with Crippen LogP contribution in [0, 0.1) is 12.8 Å². The second kappa shape index (κ2) is 6.46. The summed E-state index contributed by atoms with van der Waals surface area (Å²) < 4.78 is 0. The minimum absolute atomic E-state index is 0.667. The van der Waals surface area contributed by atoms with Gasteiger partial charge in [0.2, 0.25) is 0 Å². The molecule has 1 unspecified atom stereocenters. The molecule has 2 heteroatoms. The van der Waals surface area contributed by atoms with Crippen molar-refractivity contribution in [2.45, 2.75) is 43.5 Å². The summed E-state index contributed by atoms with van der Waals surface area (Å²) >= 11 is 1.99. The Morgan fingerprint density at radius 1 is 1.35 bits per heavy atom. The molecule has 1 aromatic rings. The third-order valence-corrected chi connectivity index (χ3v) is 4.90. The molecule has 1 fully saturated rings. The first kappa shape index (κ1) is 13.0. The van der Waals surface area contributed by atoms with E-state index in [4.69, 9.17) is 0 Å². The molecular formula is C15H23NS. The van der Waals surface area contributed by atoms with E-state index in [2.05, 4.69) is 43.6 Å². The van der Waals surface area contributed by atoms with Crippen molar-refractivity contribution in [1.82, 2.24) is 5.32 Å². The van der Waals surface area contributed by atoms with Gasteiger partial charge in [-0.25, -0.2) is 0 Å². The predicted molar refractivity (Wildman–Crippen MR) is 76.7 cm³/mol. The van der Waals surface area contributed by atoms with Gasteiger partial charge in [0.1, 0.15) is 0 Å². The molecule has 1 aliphatic rings. The quantitative estimate of drug-likeness (QED) is 0.736. The third kappa shape index (κ3) is 4.36. The average molecular weight is 249 g/mol. The van der Waals surface area contributed by atoms with Gasteiger partial charge in [0.05, 0.1) is 0 Å². The summed E-state index contributed by atoms with van der Waals surface area (Å²) in [6.45, 7) is 2.20. The molecule has 0 amide bonds. The molecule has 0 saturated heterocycles. The summed E-state index contributed by atoms with van der Waals surface area (Å²) in [7, 11) is 2.09. The smallest absolute Gasteiger partial charge is 0.0158 e. The lowest BCUT2D eigenvalue weighted by atomic mass is 10.1. The summed E-state index contributed by atoms with van der Waals surface area (Å²) in [5.41, 5.74) is 1.40. The highest BCUT2D eigenvalue weighted by Crippen LogP contribution is 2.34. The molecule has 0 bridgehead atoms. The van der Waals surface area contributed by atoms with Crippen LogP contribution in [-0.4, -0.2) is 18.8 Å². The molecule has 0 heterocycles. The molecule has 1 atom stereocenters. The normalized spacial score (nSPS) is 17.1. The van der Waals surface area contributed by atoms with Crippen LogP contribution in [0.2, 0.25) is 0 Å². The lowest BCUT2D eigenvalue weighted by molar-refractivity contribution is 0.526. The van der Waals surface area contributed by atoms with Crippen molar-refractivity contribution in [2.24, 2.45) is 5.92 Å². The average Bonchev–Trinajstić information content (AvgIpc) is 3.15. The SMILES string of the molecule is CNC(CCC1CC1)CSc1ccccc1C. The van der Waals surface area contributed by atoms with E-state index < -0.39 is 0 Å². The van der Waals surface area contributed by atoms with Crippen LogP contribution in [-0.2, 0) is 0 Å². The summed E-state index contributed by atoms with van der Waals surface area (Å²) in [5, 5.41) is 3.45. The molecule has 17 heavy (non-hydrogen) atoms. The van der Waals surface area contributed by atoms with Crippen LogP contribution in [0.15, 0.2) is 29.2 Å². The van der Waals surface area contributed by atoms with Crippen LogP contribution >= 0.6 is 11.8 Å². The molecule has 94 valence electrons. The van der Waals surface area contributed by atoms with Gasteiger partial charge in [0.25, 0.3) is 0 Å². The van der Waals surface area contributed by atoms with E-state index >= 15 is 0 Å². The van der Waals surface area contributed by atoms with Crippen LogP contribution in [0.3, 0.4) is 0 Å². The fraction of sp³-hybridized carbons (Fsp3) is 0.600. The molecule has 1 aliphatic carbocycles. The van der Waals surface area contributed by atoms with Gasteiger partial charge < -0.3 is 5.32 Å². The van der Waals surface area contributed by atoms with Crippen molar-refractivity contribution < 1.29 is 0 Å². The van der Waals surface area contributed by atoms with Gasteiger partial charge in [-0.2, -0.15) is 0 Å². The number of nitrogens with one attached hydrogen (secondary N) is 1. The van der Waals surface area contributed by atoms with Gasteiger partial charge in [-0.05, 0) is 44.4 Å². The van der Waals surface area contributed by atoms with Crippen molar-refractivity contribution in [3.05, 3.63) is 29.8 Å². The zero-order valence-corrected chi connectivity index (χ0v) is 11.7. The molecule has 2 rings (SSSR count). The predicted octanol–water partition coefficient (Wildman–Crippen LogP) is 3.87. The van der Waals surface area contributed by atoms with E-state index in [0.717, 1.165) is 5.92 Å². The first-order chi connectivity index (χ1) is 8.29.